The van der Waals surface area contributed by atoms with Gasteiger partial charge in [-0.25, -0.2) is 8.78 Å². The molecule has 5 nitrogen and oxygen atoms in total. The van der Waals surface area contributed by atoms with Crippen LogP contribution in [-0.2, 0) is 0 Å². The number of benzene rings is 1. The molecule has 2 rings (SSSR count). The maximum atomic E-state index is 13.6. The highest BCUT2D eigenvalue weighted by Gasteiger charge is 2.35. The van der Waals surface area contributed by atoms with Crippen LogP contribution in [0.2, 0.25) is 0 Å². The first-order chi connectivity index (χ1) is 9.54. The Morgan fingerprint density at radius 2 is 2.00 bits per heavy atom. The minimum Gasteiger partial charge on any atom is -0.409 e. The molecule has 1 saturated carbocycles. The van der Waals surface area contributed by atoms with Crippen LogP contribution in [0.4, 0.5) is 8.78 Å². The Balaban J connectivity index is 2.19. The van der Waals surface area contributed by atoms with E-state index in [1.165, 1.54) is 11.0 Å². The lowest BCUT2D eigenvalue weighted by atomic mass is 10.1. The van der Waals surface area contributed by atoms with E-state index in [-0.39, 0.29) is 24.8 Å². The Hall–Kier alpha value is -2.18. The topological polar surface area (TPSA) is 78.9 Å². The lowest BCUT2D eigenvalue weighted by Gasteiger charge is -2.22. The van der Waals surface area contributed by atoms with Crippen molar-refractivity contribution in [1.82, 2.24) is 4.90 Å². The van der Waals surface area contributed by atoms with Crippen molar-refractivity contribution >= 4 is 11.7 Å². The van der Waals surface area contributed by atoms with E-state index in [9.17, 15) is 13.6 Å². The first kappa shape index (κ1) is 14.2. The lowest BCUT2D eigenvalue weighted by Crippen LogP contribution is -2.36. The molecule has 0 aliphatic heterocycles. The number of amidine groups is 1. The number of nitrogens with zero attached hydrogens (tertiary/aromatic N) is 2. The zero-order valence-electron chi connectivity index (χ0n) is 10.7. The monoisotopic (exact) mass is 283 g/mol. The van der Waals surface area contributed by atoms with Crippen molar-refractivity contribution in [2.45, 2.75) is 25.3 Å². The number of nitrogens with two attached hydrogens (primary N) is 1. The molecule has 1 aromatic rings. The van der Waals surface area contributed by atoms with Gasteiger partial charge in [0.25, 0.3) is 5.91 Å². The molecule has 1 aliphatic carbocycles. The van der Waals surface area contributed by atoms with Crippen LogP contribution < -0.4 is 5.73 Å². The number of hydrogen-bond donors (Lipinski definition) is 2. The van der Waals surface area contributed by atoms with Crippen LogP contribution in [0.3, 0.4) is 0 Å². The molecule has 1 fully saturated rings. The van der Waals surface area contributed by atoms with Gasteiger partial charge in [0.05, 0.1) is 0 Å². The molecule has 1 aliphatic rings. The van der Waals surface area contributed by atoms with Crippen molar-refractivity contribution < 1.29 is 18.8 Å². The average Bonchev–Trinajstić information content (AvgIpc) is 3.23. The molecule has 0 heterocycles. The SMILES string of the molecule is NC(CCN(C(=O)c1c(F)cccc1F)C1CC1)=NO. The fourth-order valence-electron chi connectivity index (χ4n) is 1.97. The second-order valence-corrected chi connectivity index (χ2v) is 4.67. The van der Waals surface area contributed by atoms with E-state index in [2.05, 4.69) is 5.16 Å². The minimum absolute atomic E-state index is 0.0301. The maximum absolute atomic E-state index is 13.6. The van der Waals surface area contributed by atoms with Gasteiger partial charge in [0.15, 0.2) is 0 Å². The average molecular weight is 283 g/mol. The maximum Gasteiger partial charge on any atom is 0.260 e. The van der Waals surface area contributed by atoms with E-state index >= 15 is 0 Å². The van der Waals surface area contributed by atoms with Crippen LogP contribution in [0.15, 0.2) is 23.4 Å². The van der Waals surface area contributed by atoms with Crippen molar-refractivity contribution in [2.75, 3.05) is 6.54 Å². The smallest absolute Gasteiger partial charge is 0.260 e. The van der Waals surface area contributed by atoms with Gasteiger partial charge in [0.1, 0.15) is 23.0 Å². The molecule has 0 aromatic heterocycles. The van der Waals surface area contributed by atoms with Gasteiger partial charge in [-0.05, 0) is 25.0 Å². The van der Waals surface area contributed by atoms with Crippen LogP contribution in [0.25, 0.3) is 0 Å². The fourth-order valence-corrected chi connectivity index (χ4v) is 1.97. The second kappa shape index (κ2) is 5.85. The van der Waals surface area contributed by atoms with Gasteiger partial charge in [-0.2, -0.15) is 0 Å². The molecule has 1 amide bonds. The van der Waals surface area contributed by atoms with E-state index in [1.54, 1.807) is 0 Å². The standard InChI is InChI=1S/C13H15F2N3O2/c14-9-2-1-3-10(15)12(9)13(19)18(8-4-5-8)7-6-11(16)17-20/h1-3,8,20H,4-7H2,(H2,16,17). The summed E-state index contributed by atoms with van der Waals surface area (Å²) in [5.74, 6) is -2.50. The van der Waals surface area contributed by atoms with Gasteiger partial charge in [0.2, 0.25) is 0 Å². The minimum atomic E-state index is -0.885. The first-order valence-electron chi connectivity index (χ1n) is 6.26. The molecule has 0 unspecified atom stereocenters. The van der Waals surface area contributed by atoms with Gasteiger partial charge in [-0.15, -0.1) is 0 Å². The molecule has 0 radical (unpaired) electrons. The second-order valence-electron chi connectivity index (χ2n) is 4.67. The molecule has 7 heteroatoms. The van der Waals surface area contributed by atoms with Gasteiger partial charge in [-0.3, -0.25) is 4.79 Å². The summed E-state index contributed by atoms with van der Waals surface area (Å²) in [4.78, 5) is 13.6. The van der Waals surface area contributed by atoms with E-state index in [0.29, 0.717) is 0 Å². The number of hydrogen-bond acceptors (Lipinski definition) is 3. The molecular formula is C13H15F2N3O2. The number of oxime groups is 1. The van der Waals surface area contributed by atoms with E-state index in [0.717, 1.165) is 25.0 Å². The molecule has 20 heavy (non-hydrogen) atoms. The first-order valence-corrected chi connectivity index (χ1v) is 6.26. The van der Waals surface area contributed by atoms with Crippen LogP contribution in [0.5, 0.6) is 0 Å². The molecule has 0 spiro atoms. The van der Waals surface area contributed by atoms with Crippen LogP contribution in [0.1, 0.15) is 29.6 Å². The van der Waals surface area contributed by atoms with E-state index < -0.39 is 23.1 Å². The van der Waals surface area contributed by atoms with Crippen molar-refractivity contribution in [3.05, 3.63) is 35.4 Å². The summed E-state index contributed by atoms with van der Waals surface area (Å²) < 4.78 is 27.3. The molecule has 0 atom stereocenters. The van der Waals surface area contributed by atoms with Crippen LogP contribution in [0, 0.1) is 11.6 Å². The molecule has 0 bridgehead atoms. The Labute approximate surface area is 114 Å². The van der Waals surface area contributed by atoms with Gasteiger partial charge < -0.3 is 15.8 Å². The quantitative estimate of drug-likeness (QED) is 0.373. The summed E-state index contributed by atoms with van der Waals surface area (Å²) in [5.41, 5.74) is 4.80. The van der Waals surface area contributed by atoms with Crippen molar-refractivity contribution in [1.29, 1.82) is 0 Å². The summed E-state index contributed by atoms with van der Waals surface area (Å²) in [6.07, 6.45) is 1.73. The highest BCUT2D eigenvalue weighted by molar-refractivity contribution is 5.95. The van der Waals surface area contributed by atoms with Crippen molar-refractivity contribution in [2.24, 2.45) is 10.9 Å². The highest BCUT2D eigenvalue weighted by atomic mass is 19.1. The summed E-state index contributed by atoms with van der Waals surface area (Å²) >= 11 is 0. The highest BCUT2D eigenvalue weighted by Crippen LogP contribution is 2.29. The number of carbonyl (C=O) groups is 1. The largest absolute Gasteiger partial charge is 0.409 e. The van der Waals surface area contributed by atoms with Crippen molar-refractivity contribution in [3.8, 4) is 0 Å². The normalized spacial score (nSPS) is 15.2. The molecule has 1 aromatic carbocycles. The van der Waals surface area contributed by atoms with Gasteiger partial charge in [0, 0.05) is 19.0 Å². The Bertz CT molecular complexity index is 524. The molecule has 3 N–H and O–H groups in total. The summed E-state index contributed by atoms with van der Waals surface area (Å²) in [6.45, 7) is 0.160. The third-order valence-corrected chi connectivity index (χ3v) is 3.16. The Morgan fingerprint density at radius 1 is 1.40 bits per heavy atom. The van der Waals surface area contributed by atoms with Gasteiger partial charge in [-0.1, -0.05) is 11.2 Å². The molecule has 108 valence electrons. The summed E-state index contributed by atoms with van der Waals surface area (Å²) in [5, 5.41) is 11.3. The Morgan fingerprint density at radius 3 is 2.50 bits per heavy atom. The number of halogens is 2. The zero-order chi connectivity index (χ0) is 14.7. The lowest BCUT2D eigenvalue weighted by molar-refractivity contribution is 0.0737. The third kappa shape index (κ3) is 3.04. The third-order valence-electron chi connectivity index (χ3n) is 3.16. The number of rotatable bonds is 5. The van der Waals surface area contributed by atoms with Crippen molar-refractivity contribution in [3.63, 3.8) is 0 Å². The van der Waals surface area contributed by atoms with E-state index in [1.807, 2.05) is 0 Å². The predicted molar refractivity (Wildman–Crippen MR) is 68.4 cm³/mol. The number of carbonyl (C=O) groups excluding carboxylic acids is 1. The van der Waals surface area contributed by atoms with E-state index in [4.69, 9.17) is 10.9 Å². The van der Waals surface area contributed by atoms with Gasteiger partial charge >= 0.3 is 0 Å². The summed E-state index contributed by atoms with van der Waals surface area (Å²) in [6, 6.07) is 3.27. The Kier molecular flexibility index (Phi) is 4.16. The summed E-state index contributed by atoms with van der Waals surface area (Å²) in [7, 11) is 0. The molecular weight excluding hydrogens is 268 g/mol. The predicted octanol–water partition coefficient (Wildman–Crippen LogP) is 1.71. The fraction of sp³-hybridized carbons (Fsp3) is 0.385. The van der Waals surface area contributed by atoms with Crippen LogP contribution >= 0.6 is 0 Å². The zero-order valence-corrected chi connectivity index (χ0v) is 10.7. The molecule has 0 saturated heterocycles. The number of amides is 1. The van der Waals surface area contributed by atoms with Crippen LogP contribution in [-0.4, -0.2) is 34.4 Å².